The van der Waals surface area contributed by atoms with Gasteiger partial charge in [-0.05, 0) is 19.3 Å². The predicted octanol–water partition coefficient (Wildman–Crippen LogP) is 3.87. The maximum Gasteiger partial charge on any atom is 0.157 e. The van der Waals surface area contributed by atoms with E-state index in [-0.39, 0.29) is 6.29 Å². The van der Waals surface area contributed by atoms with Crippen LogP contribution in [0.25, 0.3) is 0 Å². The molecule has 2 nitrogen and oxygen atoms in total. The van der Waals surface area contributed by atoms with Crippen molar-refractivity contribution < 1.29 is 9.47 Å². The van der Waals surface area contributed by atoms with Gasteiger partial charge >= 0.3 is 0 Å². The molecule has 1 aliphatic heterocycles. The van der Waals surface area contributed by atoms with Crippen molar-refractivity contribution in [3.8, 4) is 0 Å². The Balaban J connectivity index is 0.000000251. The molecule has 0 N–H and O–H groups in total. The zero-order chi connectivity index (χ0) is 12.1. The fourth-order valence-electron chi connectivity index (χ4n) is 1.28. The summed E-state index contributed by atoms with van der Waals surface area (Å²) in [4.78, 5) is 0. The molecule has 16 heavy (non-hydrogen) atoms. The van der Waals surface area contributed by atoms with Gasteiger partial charge in [-0.1, -0.05) is 50.2 Å². The van der Waals surface area contributed by atoms with E-state index in [9.17, 15) is 0 Å². The van der Waals surface area contributed by atoms with Gasteiger partial charge in [-0.3, -0.25) is 0 Å². The number of methoxy groups -OCH3 is 1. The second-order valence-electron chi connectivity index (χ2n) is 3.19. The van der Waals surface area contributed by atoms with Crippen LogP contribution in [0.2, 0.25) is 0 Å². The Morgan fingerprint density at radius 3 is 1.69 bits per heavy atom. The minimum atomic E-state index is 0.0868. The Hall–Kier alpha value is -0.860. The molecule has 0 saturated carbocycles. The second kappa shape index (κ2) is 12.2. The van der Waals surface area contributed by atoms with E-state index >= 15 is 0 Å². The van der Waals surface area contributed by atoms with Crippen molar-refractivity contribution >= 4 is 0 Å². The van der Waals surface area contributed by atoms with Crippen LogP contribution in [0.3, 0.4) is 0 Å². The van der Waals surface area contributed by atoms with Gasteiger partial charge < -0.3 is 9.47 Å². The monoisotopic (exact) mass is 224 g/mol. The topological polar surface area (TPSA) is 18.5 Å². The van der Waals surface area contributed by atoms with E-state index in [4.69, 9.17) is 9.47 Å². The molecule has 0 spiro atoms. The highest BCUT2D eigenvalue weighted by Crippen LogP contribution is 2.11. The normalized spacial score (nSPS) is 18.6. The Kier molecular flexibility index (Phi) is 11.6. The lowest BCUT2D eigenvalue weighted by molar-refractivity contribution is -0.145. The van der Waals surface area contributed by atoms with E-state index in [2.05, 4.69) is 0 Å². The molecule has 0 bridgehead atoms. The first kappa shape index (κ1) is 15.1. The minimum absolute atomic E-state index is 0.0868. The largest absolute Gasteiger partial charge is 0.356 e. The summed E-state index contributed by atoms with van der Waals surface area (Å²) in [6.07, 6.45) is 3.60. The Bertz CT molecular complexity index is 179. The highest BCUT2D eigenvalue weighted by molar-refractivity contribution is 4.99. The fraction of sp³-hybridized carbons (Fsp3) is 0.571. The third kappa shape index (κ3) is 8.45. The smallest absolute Gasteiger partial charge is 0.157 e. The van der Waals surface area contributed by atoms with Crippen LogP contribution < -0.4 is 0 Å². The Morgan fingerprint density at radius 1 is 0.938 bits per heavy atom. The van der Waals surface area contributed by atoms with Crippen molar-refractivity contribution in [2.45, 2.75) is 39.4 Å². The van der Waals surface area contributed by atoms with Crippen molar-refractivity contribution in [2.75, 3.05) is 13.7 Å². The van der Waals surface area contributed by atoms with E-state index in [1.807, 2.05) is 50.2 Å². The molecule has 0 aliphatic carbocycles. The average molecular weight is 224 g/mol. The molecular formula is C14H24O2. The van der Waals surface area contributed by atoms with Crippen LogP contribution in [0.15, 0.2) is 36.4 Å². The lowest BCUT2D eigenvalue weighted by Crippen LogP contribution is -2.20. The van der Waals surface area contributed by atoms with Gasteiger partial charge in [0.25, 0.3) is 0 Å². The van der Waals surface area contributed by atoms with Gasteiger partial charge in [-0.25, -0.2) is 0 Å². The molecule has 1 atom stereocenters. The first-order valence-electron chi connectivity index (χ1n) is 6.08. The number of hydrogen-bond acceptors (Lipinski definition) is 2. The first-order valence-corrected chi connectivity index (χ1v) is 6.08. The van der Waals surface area contributed by atoms with E-state index in [1.165, 1.54) is 12.8 Å². The molecule has 1 aliphatic rings. The summed E-state index contributed by atoms with van der Waals surface area (Å²) in [5.41, 5.74) is 0. The maximum absolute atomic E-state index is 5.20. The van der Waals surface area contributed by atoms with E-state index in [1.54, 1.807) is 7.11 Å². The van der Waals surface area contributed by atoms with E-state index in [0.717, 1.165) is 13.0 Å². The minimum Gasteiger partial charge on any atom is -0.356 e. The lowest BCUT2D eigenvalue weighted by atomic mass is 10.2. The molecule has 1 saturated heterocycles. The van der Waals surface area contributed by atoms with Gasteiger partial charge in [-0.2, -0.15) is 0 Å². The van der Waals surface area contributed by atoms with Crippen LogP contribution >= 0.6 is 0 Å². The SMILES string of the molecule is CC.COC1CCCCO1.c1ccccc1. The van der Waals surface area contributed by atoms with Crippen molar-refractivity contribution in [1.82, 2.24) is 0 Å². The summed E-state index contributed by atoms with van der Waals surface area (Å²) in [7, 11) is 1.69. The molecule has 0 radical (unpaired) electrons. The van der Waals surface area contributed by atoms with Gasteiger partial charge in [0.1, 0.15) is 0 Å². The van der Waals surface area contributed by atoms with Crippen molar-refractivity contribution in [3.63, 3.8) is 0 Å². The van der Waals surface area contributed by atoms with Crippen LogP contribution in [-0.4, -0.2) is 20.0 Å². The molecule has 1 heterocycles. The summed E-state index contributed by atoms with van der Waals surface area (Å²) in [6, 6.07) is 12.0. The van der Waals surface area contributed by atoms with Gasteiger partial charge in [0.05, 0.1) is 0 Å². The van der Waals surface area contributed by atoms with Crippen LogP contribution in [0.4, 0.5) is 0 Å². The van der Waals surface area contributed by atoms with Gasteiger partial charge in [0.2, 0.25) is 0 Å². The van der Waals surface area contributed by atoms with Gasteiger partial charge in [0.15, 0.2) is 6.29 Å². The Morgan fingerprint density at radius 2 is 1.44 bits per heavy atom. The molecule has 0 amide bonds. The van der Waals surface area contributed by atoms with Crippen LogP contribution in [0.1, 0.15) is 33.1 Å². The molecule has 0 aromatic heterocycles. The number of ether oxygens (including phenoxy) is 2. The number of benzene rings is 1. The van der Waals surface area contributed by atoms with E-state index in [0.29, 0.717) is 0 Å². The summed E-state index contributed by atoms with van der Waals surface area (Å²) in [6.45, 7) is 4.87. The predicted molar refractivity (Wildman–Crippen MR) is 68.4 cm³/mol. The summed E-state index contributed by atoms with van der Waals surface area (Å²) >= 11 is 0. The molecule has 1 unspecified atom stereocenters. The van der Waals surface area contributed by atoms with Gasteiger partial charge in [0, 0.05) is 13.7 Å². The Labute approximate surface area is 99.6 Å². The fourth-order valence-corrected chi connectivity index (χ4v) is 1.28. The average Bonchev–Trinajstić information content (AvgIpc) is 2.44. The number of rotatable bonds is 1. The highest BCUT2D eigenvalue weighted by atomic mass is 16.7. The van der Waals surface area contributed by atoms with Crippen LogP contribution in [-0.2, 0) is 9.47 Å². The molecule has 1 aromatic carbocycles. The summed E-state index contributed by atoms with van der Waals surface area (Å²) in [5, 5.41) is 0. The molecule has 2 rings (SSSR count). The molecule has 1 aromatic rings. The van der Waals surface area contributed by atoms with Crippen LogP contribution in [0, 0.1) is 0 Å². The third-order valence-corrected chi connectivity index (χ3v) is 2.07. The van der Waals surface area contributed by atoms with Crippen LogP contribution in [0.5, 0.6) is 0 Å². The highest BCUT2D eigenvalue weighted by Gasteiger charge is 2.10. The standard InChI is InChI=1S/C6H12O2.C6H6.C2H6/c1-7-6-4-2-3-5-8-6;1-2-4-6-5-3-1;1-2/h6H,2-5H2,1H3;1-6H;1-2H3. The van der Waals surface area contributed by atoms with Crippen molar-refractivity contribution in [1.29, 1.82) is 0 Å². The molecule has 92 valence electrons. The molecule has 1 fully saturated rings. The van der Waals surface area contributed by atoms with Crippen molar-refractivity contribution in [3.05, 3.63) is 36.4 Å². The zero-order valence-electron chi connectivity index (χ0n) is 10.7. The molecule has 2 heteroatoms. The second-order valence-corrected chi connectivity index (χ2v) is 3.19. The van der Waals surface area contributed by atoms with Crippen molar-refractivity contribution in [2.24, 2.45) is 0 Å². The summed E-state index contributed by atoms with van der Waals surface area (Å²) in [5.74, 6) is 0. The zero-order valence-corrected chi connectivity index (χ0v) is 10.7. The molecular weight excluding hydrogens is 200 g/mol. The quantitative estimate of drug-likeness (QED) is 0.721. The van der Waals surface area contributed by atoms with E-state index < -0.39 is 0 Å². The maximum atomic E-state index is 5.20. The lowest BCUT2D eigenvalue weighted by Gasteiger charge is -2.20. The third-order valence-electron chi connectivity index (χ3n) is 2.07. The first-order chi connectivity index (χ1) is 7.93. The number of hydrogen-bond donors (Lipinski definition) is 0. The van der Waals surface area contributed by atoms with Gasteiger partial charge in [-0.15, -0.1) is 0 Å². The summed E-state index contributed by atoms with van der Waals surface area (Å²) < 4.78 is 10.2.